The molecule has 2 aromatic heterocycles. The number of hydrogen-bond acceptors (Lipinski definition) is 2. The number of pyridine rings is 1. The van der Waals surface area contributed by atoms with Gasteiger partial charge < -0.3 is 5.11 Å². The molecule has 0 radical (unpaired) electrons. The van der Waals surface area contributed by atoms with E-state index in [1.54, 1.807) is 18.3 Å². The van der Waals surface area contributed by atoms with Crippen LogP contribution < -0.4 is 0 Å². The smallest absolute Gasteiger partial charge is 0.119 e. The van der Waals surface area contributed by atoms with Gasteiger partial charge in [0.25, 0.3) is 0 Å². The molecule has 3 heteroatoms. The third-order valence-corrected chi connectivity index (χ3v) is 2.63. The summed E-state index contributed by atoms with van der Waals surface area (Å²) in [5.74, 6) is 0.720. The Bertz CT molecular complexity index is 447. The molecule has 0 aliphatic rings. The van der Waals surface area contributed by atoms with Gasteiger partial charge in [-0.05, 0) is 18.4 Å². The van der Waals surface area contributed by atoms with Gasteiger partial charge in [0.2, 0.25) is 0 Å². The zero-order chi connectivity index (χ0) is 10.1. The normalized spacial score (nSPS) is 13.3. The van der Waals surface area contributed by atoms with Crippen molar-refractivity contribution in [2.45, 2.75) is 26.2 Å². The highest BCUT2D eigenvalue weighted by molar-refractivity contribution is 5.51. The van der Waals surface area contributed by atoms with E-state index in [1.807, 2.05) is 10.6 Å². The fraction of sp³-hybridized carbons (Fsp3) is 0.364. The number of fused-ring (bicyclic) bond motifs is 1. The molecule has 0 saturated carbocycles. The maximum Gasteiger partial charge on any atom is 0.119 e. The van der Waals surface area contributed by atoms with Crippen LogP contribution in [0.1, 0.15) is 31.9 Å². The summed E-state index contributed by atoms with van der Waals surface area (Å²) in [6.07, 6.45) is 2.79. The molecule has 2 heterocycles. The predicted octanol–water partition coefficient (Wildman–Crippen LogP) is 2.55. The van der Waals surface area contributed by atoms with E-state index in [2.05, 4.69) is 18.9 Å². The molecule has 1 unspecified atom stereocenters. The number of nitrogens with zero attached hydrogens (tertiary/aromatic N) is 2. The van der Waals surface area contributed by atoms with Crippen molar-refractivity contribution in [2.75, 3.05) is 0 Å². The van der Waals surface area contributed by atoms with Crippen LogP contribution in [0.5, 0.6) is 5.75 Å². The van der Waals surface area contributed by atoms with Crippen LogP contribution in [0.4, 0.5) is 0 Å². The Balaban J connectivity index is 2.66. The lowest BCUT2D eigenvalue weighted by molar-refractivity contribution is 0.472. The molecule has 0 bridgehead atoms. The maximum atomic E-state index is 9.53. The topological polar surface area (TPSA) is 37.5 Å². The molecule has 0 spiro atoms. The minimum absolute atomic E-state index is 0.313. The third kappa shape index (κ3) is 1.35. The van der Waals surface area contributed by atoms with Crippen LogP contribution in [-0.2, 0) is 0 Å². The van der Waals surface area contributed by atoms with Crippen LogP contribution in [0.25, 0.3) is 5.52 Å². The van der Waals surface area contributed by atoms with Crippen molar-refractivity contribution in [3.05, 3.63) is 30.1 Å². The van der Waals surface area contributed by atoms with E-state index in [9.17, 15) is 5.11 Å². The molecule has 2 rings (SSSR count). The second-order valence-electron chi connectivity index (χ2n) is 3.62. The Morgan fingerprint density at radius 3 is 3.00 bits per heavy atom. The van der Waals surface area contributed by atoms with Gasteiger partial charge in [-0.3, -0.25) is 0 Å². The van der Waals surface area contributed by atoms with E-state index in [0.29, 0.717) is 11.7 Å². The minimum atomic E-state index is 0.313. The van der Waals surface area contributed by atoms with Crippen LogP contribution in [0.2, 0.25) is 0 Å². The van der Waals surface area contributed by atoms with E-state index in [-0.39, 0.29) is 0 Å². The molecule has 2 aromatic rings. The van der Waals surface area contributed by atoms with E-state index < -0.39 is 0 Å². The maximum absolute atomic E-state index is 9.53. The summed E-state index contributed by atoms with van der Waals surface area (Å²) in [5, 5.41) is 13.8. The molecule has 1 atom stereocenters. The van der Waals surface area contributed by atoms with E-state index in [0.717, 1.165) is 17.6 Å². The zero-order valence-corrected chi connectivity index (χ0v) is 8.44. The van der Waals surface area contributed by atoms with Gasteiger partial charge in [0.05, 0.1) is 5.52 Å². The molecule has 1 N–H and O–H groups in total. The molecule has 0 saturated heterocycles. The number of rotatable bonds is 2. The molecule has 74 valence electrons. The second-order valence-corrected chi connectivity index (χ2v) is 3.62. The summed E-state index contributed by atoms with van der Waals surface area (Å²) in [6, 6.07) is 5.40. The molecule has 3 nitrogen and oxygen atoms in total. The molecule has 0 fully saturated rings. The number of aromatic hydroxyl groups is 1. The van der Waals surface area contributed by atoms with Crippen LogP contribution >= 0.6 is 0 Å². The Morgan fingerprint density at radius 1 is 1.50 bits per heavy atom. The van der Waals surface area contributed by atoms with Crippen LogP contribution in [0, 0.1) is 0 Å². The van der Waals surface area contributed by atoms with E-state index in [4.69, 9.17) is 0 Å². The summed E-state index contributed by atoms with van der Waals surface area (Å²) in [5.41, 5.74) is 2.01. The predicted molar refractivity (Wildman–Crippen MR) is 55.6 cm³/mol. The lowest BCUT2D eigenvalue weighted by Crippen LogP contribution is -2.01. The highest BCUT2D eigenvalue weighted by Crippen LogP contribution is 2.24. The molecule has 0 amide bonds. The molecule has 0 aliphatic heterocycles. The first-order valence-electron chi connectivity index (χ1n) is 4.89. The van der Waals surface area contributed by atoms with Crippen LogP contribution in [-0.4, -0.2) is 14.7 Å². The van der Waals surface area contributed by atoms with Crippen LogP contribution in [0.15, 0.2) is 24.4 Å². The third-order valence-electron chi connectivity index (χ3n) is 2.63. The van der Waals surface area contributed by atoms with Gasteiger partial charge in [0.1, 0.15) is 5.75 Å². The van der Waals surface area contributed by atoms with E-state index in [1.165, 1.54) is 0 Å². The quantitative estimate of drug-likeness (QED) is 0.790. The fourth-order valence-electron chi connectivity index (χ4n) is 1.60. The fourth-order valence-corrected chi connectivity index (χ4v) is 1.60. The first-order chi connectivity index (χ1) is 6.72. The van der Waals surface area contributed by atoms with Crippen molar-refractivity contribution in [1.29, 1.82) is 0 Å². The van der Waals surface area contributed by atoms with E-state index >= 15 is 0 Å². The van der Waals surface area contributed by atoms with Crippen molar-refractivity contribution < 1.29 is 5.11 Å². The SMILES string of the molecule is CCC(C)c1cc(O)cc2ccnn12. The Kier molecular flexibility index (Phi) is 2.15. The molecule has 0 aliphatic carbocycles. The lowest BCUT2D eigenvalue weighted by atomic mass is 10.0. The monoisotopic (exact) mass is 190 g/mol. The summed E-state index contributed by atoms with van der Waals surface area (Å²) in [6.45, 7) is 4.26. The number of hydrogen-bond donors (Lipinski definition) is 1. The van der Waals surface area contributed by atoms with Gasteiger partial charge in [-0.1, -0.05) is 13.8 Å². The van der Waals surface area contributed by atoms with Gasteiger partial charge >= 0.3 is 0 Å². The van der Waals surface area contributed by atoms with Crippen molar-refractivity contribution in [3.8, 4) is 5.75 Å². The largest absolute Gasteiger partial charge is 0.508 e. The zero-order valence-electron chi connectivity index (χ0n) is 8.44. The van der Waals surface area contributed by atoms with Crippen molar-refractivity contribution in [1.82, 2.24) is 9.61 Å². The van der Waals surface area contributed by atoms with Gasteiger partial charge in [0.15, 0.2) is 0 Å². The molecule has 0 aromatic carbocycles. The molecule has 14 heavy (non-hydrogen) atoms. The Hall–Kier alpha value is -1.51. The first-order valence-corrected chi connectivity index (χ1v) is 4.89. The summed E-state index contributed by atoms with van der Waals surface area (Å²) in [7, 11) is 0. The highest BCUT2D eigenvalue weighted by atomic mass is 16.3. The van der Waals surface area contributed by atoms with Gasteiger partial charge in [0, 0.05) is 24.0 Å². The summed E-state index contributed by atoms with van der Waals surface area (Å²) < 4.78 is 1.88. The highest BCUT2D eigenvalue weighted by Gasteiger charge is 2.09. The van der Waals surface area contributed by atoms with Crippen molar-refractivity contribution in [3.63, 3.8) is 0 Å². The Labute approximate surface area is 83.0 Å². The summed E-state index contributed by atoms with van der Waals surface area (Å²) >= 11 is 0. The minimum Gasteiger partial charge on any atom is -0.508 e. The average molecular weight is 190 g/mol. The molecular formula is C11H14N2O. The van der Waals surface area contributed by atoms with Crippen molar-refractivity contribution >= 4 is 5.52 Å². The number of aromatic nitrogens is 2. The lowest BCUT2D eigenvalue weighted by Gasteiger charge is -2.11. The van der Waals surface area contributed by atoms with Gasteiger partial charge in [-0.15, -0.1) is 0 Å². The van der Waals surface area contributed by atoms with Gasteiger partial charge in [-0.2, -0.15) is 5.10 Å². The standard InChI is InChI=1S/C11H14N2O/c1-3-8(2)11-7-10(14)6-9-4-5-12-13(9)11/h4-8,14H,3H2,1-2H3. The Morgan fingerprint density at radius 2 is 2.29 bits per heavy atom. The molecular weight excluding hydrogens is 176 g/mol. The summed E-state index contributed by atoms with van der Waals surface area (Å²) in [4.78, 5) is 0. The first kappa shape index (κ1) is 9.06. The van der Waals surface area contributed by atoms with Crippen LogP contribution in [0.3, 0.4) is 0 Å². The van der Waals surface area contributed by atoms with Crippen molar-refractivity contribution in [2.24, 2.45) is 0 Å². The van der Waals surface area contributed by atoms with Gasteiger partial charge in [-0.25, -0.2) is 4.52 Å². The second kappa shape index (κ2) is 3.33. The average Bonchev–Trinajstić information content (AvgIpc) is 2.62.